The van der Waals surface area contributed by atoms with Gasteiger partial charge in [0.15, 0.2) is 0 Å². The van der Waals surface area contributed by atoms with E-state index in [0.29, 0.717) is 29.2 Å². The number of hydrogen-bond donors (Lipinski definition) is 2. The molecule has 1 aromatic carbocycles. The minimum atomic E-state index is -0.351. The molecule has 1 aliphatic heterocycles. The Morgan fingerprint density at radius 3 is 2.36 bits per heavy atom. The van der Waals surface area contributed by atoms with Crippen molar-refractivity contribution in [2.75, 3.05) is 40.3 Å². The number of aromatic amines is 2. The fourth-order valence-corrected chi connectivity index (χ4v) is 2.85. The minimum absolute atomic E-state index is 0. The molecule has 0 bridgehead atoms. The number of halogens is 1. The topological polar surface area (TPSA) is 81.4 Å². The van der Waals surface area contributed by atoms with Gasteiger partial charge < -0.3 is 19.6 Å². The standard InChI is InChI=1S/C17H22N4O3.ClH/c1-20-7-9-21(10-8-20)11-14-15(19-17(23)18-14)16(22)12-3-5-13(24-2)6-4-12;/h3-6H,7-11H2,1-2H3,(H2,18,19,23);1H. The van der Waals surface area contributed by atoms with E-state index in [4.69, 9.17) is 4.74 Å². The Hall–Kier alpha value is -2.09. The van der Waals surface area contributed by atoms with Crippen molar-refractivity contribution in [3.05, 3.63) is 51.7 Å². The van der Waals surface area contributed by atoms with E-state index in [1.165, 1.54) is 0 Å². The first-order valence-electron chi connectivity index (χ1n) is 7.97. The Kier molecular flexibility index (Phi) is 6.41. The molecule has 1 aromatic heterocycles. The van der Waals surface area contributed by atoms with Crippen LogP contribution >= 0.6 is 12.4 Å². The van der Waals surface area contributed by atoms with E-state index >= 15 is 0 Å². The average molecular weight is 367 g/mol. The van der Waals surface area contributed by atoms with Gasteiger partial charge in [0, 0.05) is 38.3 Å². The number of likely N-dealkylation sites (N-methyl/N-ethyl adjacent to an activating group) is 1. The number of nitrogens with zero attached hydrogens (tertiary/aromatic N) is 2. The fraction of sp³-hybridized carbons (Fsp3) is 0.412. The molecular formula is C17H23ClN4O3. The Morgan fingerprint density at radius 2 is 1.76 bits per heavy atom. The van der Waals surface area contributed by atoms with E-state index in [1.54, 1.807) is 31.4 Å². The molecule has 136 valence electrons. The van der Waals surface area contributed by atoms with E-state index in [9.17, 15) is 9.59 Å². The van der Waals surface area contributed by atoms with Gasteiger partial charge >= 0.3 is 5.69 Å². The molecule has 25 heavy (non-hydrogen) atoms. The number of aromatic nitrogens is 2. The predicted octanol–water partition coefficient (Wildman–Crippen LogP) is 1.11. The van der Waals surface area contributed by atoms with Crippen LogP contribution in [0.4, 0.5) is 0 Å². The number of ketones is 1. The van der Waals surface area contributed by atoms with E-state index in [0.717, 1.165) is 26.2 Å². The van der Waals surface area contributed by atoms with Gasteiger partial charge in [-0.3, -0.25) is 9.69 Å². The van der Waals surface area contributed by atoms with Gasteiger partial charge in [-0.15, -0.1) is 12.4 Å². The highest BCUT2D eigenvalue weighted by molar-refractivity contribution is 6.08. The van der Waals surface area contributed by atoms with Crippen LogP contribution in [-0.4, -0.2) is 65.9 Å². The van der Waals surface area contributed by atoms with Crippen LogP contribution in [0.2, 0.25) is 0 Å². The van der Waals surface area contributed by atoms with Crippen LogP contribution in [-0.2, 0) is 6.54 Å². The molecule has 2 N–H and O–H groups in total. The number of methoxy groups -OCH3 is 1. The molecule has 0 radical (unpaired) electrons. The largest absolute Gasteiger partial charge is 0.497 e. The van der Waals surface area contributed by atoms with Crippen LogP contribution in [0.3, 0.4) is 0 Å². The van der Waals surface area contributed by atoms with Crippen molar-refractivity contribution in [3.8, 4) is 5.75 Å². The third kappa shape index (κ3) is 4.50. The smallest absolute Gasteiger partial charge is 0.323 e. The molecule has 0 saturated carbocycles. The SMILES string of the molecule is COc1ccc(C(=O)c2[nH]c(=O)[nH]c2CN2CCN(C)CC2)cc1.Cl. The summed E-state index contributed by atoms with van der Waals surface area (Å²) in [7, 11) is 3.67. The highest BCUT2D eigenvalue weighted by Gasteiger charge is 2.21. The second-order valence-electron chi connectivity index (χ2n) is 6.07. The zero-order chi connectivity index (χ0) is 17.1. The van der Waals surface area contributed by atoms with E-state index < -0.39 is 0 Å². The fourth-order valence-electron chi connectivity index (χ4n) is 2.85. The molecule has 1 aliphatic rings. The number of nitrogens with one attached hydrogen (secondary N) is 2. The van der Waals surface area contributed by atoms with E-state index in [-0.39, 0.29) is 23.9 Å². The van der Waals surface area contributed by atoms with Gasteiger partial charge in [0.05, 0.1) is 12.8 Å². The predicted molar refractivity (Wildman–Crippen MR) is 97.9 cm³/mol. The van der Waals surface area contributed by atoms with Crippen molar-refractivity contribution >= 4 is 18.2 Å². The summed E-state index contributed by atoms with van der Waals surface area (Å²) in [6, 6.07) is 6.87. The highest BCUT2D eigenvalue weighted by Crippen LogP contribution is 2.16. The molecule has 3 rings (SSSR count). The molecular weight excluding hydrogens is 344 g/mol. The Morgan fingerprint density at radius 1 is 1.12 bits per heavy atom. The summed E-state index contributed by atoms with van der Waals surface area (Å²) in [5.41, 5.74) is 1.15. The lowest BCUT2D eigenvalue weighted by Gasteiger charge is -2.32. The molecule has 1 saturated heterocycles. The summed E-state index contributed by atoms with van der Waals surface area (Å²) >= 11 is 0. The van der Waals surface area contributed by atoms with Crippen LogP contribution < -0.4 is 10.4 Å². The minimum Gasteiger partial charge on any atom is -0.497 e. The molecule has 7 nitrogen and oxygen atoms in total. The third-order valence-corrected chi connectivity index (χ3v) is 4.36. The number of H-pyrrole nitrogens is 2. The summed E-state index contributed by atoms with van der Waals surface area (Å²) in [5, 5.41) is 0. The second-order valence-corrected chi connectivity index (χ2v) is 6.07. The van der Waals surface area contributed by atoms with Gasteiger partial charge in [0.1, 0.15) is 11.4 Å². The first kappa shape index (κ1) is 19.2. The molecule has 8 heteroatoms. The zero-order valence-corrected chi connectivity index (χ0v) is 15.2. The molecule has 0 unspecified atom stereocenters. The number of carbonyl (C=O) groups is 1. The normalized spacial score (nSPS) is 15.6. The maximum atomic E-state index is 12.7. The lowest BCUT2D eigenvalue weighted by atomic mass is 10.1. The number of piperazine rings is 1. The number of carbonyl (C=O) groups excluding carboxylic acids is 1. The van der Waals surface area contributed by atoms with Crippen LogP contribution in [0.25, 0.3) is 0 Å². The van der Waals surface area contributed by atoms with Crippen molar-refractivity contribution in [2.45, 2.75) is 6.54 Å². The molecule has 0 aliphatic carbocycles. The Balaban J connectivity index is 0.00000225. The molecule has 1 fully saturated rings. The Labute approximate surface area is 152 Å². The summed E-state index contributed by atoms with van der Waals surface area (Å²) in [5.74, 6) is 0.493. The maximum absolute atomic E-state index is 12.7. The summed E-state index contributed by atoms with van der Waals surface area (Å²) in [6.07, 6.45) is 0. The average Bonchev–Trinajstić information content (AvgIpc) is 2.96. The van der Waals surface area contributed by atoms with Crippen molar-refractivity contribution < 1.29 is 9.53 Å². The molecule has 2 heterocycles. The number of imidazole rings is 1. The van der Waals surface area contributed by atoms with Crippen molar-refractivity contribution in [2.24, 2.45) is 0 Å². The number of hydrogen-bond acceptors (Lipinski definition) is 5. The lowest BCUT2D eigenvalue weighted by Crippen LogP contribution is -2.44. The van der Waals surface area contributed by atoms with Gasteiger partial charge in [-0.05, 0) is 31.3 Å². The molecule has 0 atom stereocenters. The second kappa shape index (κ2) is 8.33. The molecule has 2 aromatic rings. The third-order valence-electron chi connectivity index (χ3n) is 4.36. The van der Waals surface area contributed by atoms with Gasteiger partial charge in [-0.25, -0.2) is 4.79 Å². The number of rotatable bonds is 5. The van der Waals surface area contributed by atoms with Crippen molar-refractivity contribution in [3.63, 3.8) is 0 Å². The van der Waals surface area contributed by atoms with Crippen molar-refractivity contribution in [1.29, 1.82) is 0 Å². The summed E-state index contributed by atoms with van der Waals surface area (Å²) in [4.78, 5) is 34.4. The van der Waals surface area contributed by atoms with Gasteiger partial charge in [0.2, 0.25) is 5.78 Å². The Bertz CT molecular complexity index is 761. The van der Waals surface area contributed by atoms with E-state index in [1.807, 2.05) is 0 Å². The van der Waals surface area contributed by atoms with Crippen LogP contribution in [0.15, 0.2) is 29.1 Å². The van der Waals surface area contributed by atoms with Gasteiger partial charge in [0.25, 0.3) is 0 Å². The van der Waals surface area contributed by atoms with Crippen LogP contribution in [0.5, 0.6) is 5.75 Å². The highest BCUT2D eigenvalue weighted by atomic mass is 35.5. The lowest BCUT2D eigenvalue weighted by molar-refractivity contribution is 0.103. The summed E-state index contributed by atoms with van der Waals surface area (Å²) in [6.45, 7) is 4.36. The number of ether oxygens (including phenoxy) is 1. The quantitative estimate of drug-likeness (QED) is 0.775. The molecule has 0 amide bonds. The van der Waals surface area contributed by atoms with Crippen LogP contribution in [0, 0.1) is 0 Å². The monoisotopic (exact) mass is 366 g/mol. The first-order chi connectivity index (χ1) is 11.6. The maximum Gasteiger partial charge on any atom is 0.323 e. The summed E-state index contributed by atoms with van der Waals surface area (Å²) < 4.78 is 5.11. The van der Waals surface area contributed by atoms with Gasteiger partial charge in [-0.1, -0.05) is 0 Å². The van der Waals surface area contributed by atoms with E-state index in [2.05, 4.69) is 26.8 Å². The number of benzene rings is 1. The zero-order valence-electron chi connectivity index (χ0n) is 14.4. The van der Waals surface area contributed by atoms with Gasteiger partial charge in [-0.2, -0.15) is 0 Å². The first-order valence-corrected chi connectivity index (χ1v) is 7.97. The molecule has 0 spiro atoms. The van der Waals surface area contributed by atoms with Crippen LogP contribution in [0.1, 0.15) is 21.7 Å². The van der Waals surface area contributed by atoms with Crippen molar-refractivity contribution in [1.82, 2.24) is 19.8 Å².